The van der Waals surface area contributed by atoms with Crippen molar-refractivity contribution in [3.8, 4) is 0 Å². The quantitative estimate of drug-likeness (QED) is 0.797. The van der Waals surface area contributed by atoms with E-state index in [0.29, 0.717) is 16.6 Å². The molecule has 0 saturated heterocycles. The van der Waals surface area contributed by atoms with E-state index in [2.05, 4.69) is 4.98 Å². The molecule has 3 aromatic rings. The van der Waals surface area contributed by atoms with Gasteiger partial charge in [-0.15, -0.1) is 0 Å². The van der Waals surface area contributed by atoms with Crippen molar-refractivity contribution in [2.75, 3.05) is 0 Å². The first kappa shape index (κ1) is 13.4. The zero-order valence-corrected chi connectivity index (χ0v) is 12.1. The average molecular weight is 307 g/mol. The first-order valence-corrected chi connectivity index (χ1v) is 6.92. The molecule has 0 aliphatic rings. The van der Waals surface area contributed by atoms with Gasteiger partial charge in [-0.2, -0.15) is 0 Å². The molecule has 20 heavy (non-hydrogen) atoms. The lowest BCUT2D eigenvalue weighted by molar-refractivity contribution is 0.283. The summed E-state index contributed by atoms with van der Waals surface area (Å²) in [4.78, 5) is 4.37. The fourth-order valence-electron chi connectivity index (χ4n) is 2.29. The topological polar surface area (TPSA) is 38.0 Å². The Hall–Kier alpha value is -1.55. The molecule has 0 atom stereocenters. The van der Waals surface area contributed by atoms with Crippen molar-refractivity contribution in [1.82, 2.24) is 9.55 Å². The van der Waals surface area contributed by atoms with Gasteiger partial charge in [-0.1, -0.05) is 23.2 Å². The highest BCUT2D eigenvalue weighted by Crippen LogP contribution is 2.25. The summed E-state index contributed by atoms with van der Waals surface area (Å²) in [6, 6.07) is 9.20. The molecule has 0 amide bonds. The van der Waals surface area contributed by atoms with E-state index in [0.717, 1.165) is 22.2 Å². The second-order valence-corrected chi connectivity index (χ2v) is 5.39. The van der Waals surface area contributed by atoms with Gasteiger partial charge in [-0.05, 0) is 35.9 Å². The van der Waals surface area contributed by atoms with E-state index in [9.17, 15) is 5.11 Å². The predicted molar refractivity (Wildman–Crippen MR) is 81.2 cm³/mol. The van der Waals surface area contributed by atoms with Gasteiger partial charge in [0.05, 0.1) is 13.2 Å². The van der Waals surface area contributed by atoms with Crippen LogP contribution in [0.3, 0.4) is 0 Å². The third-order valence-electron chi connectivity index (χ3n) is 3.24. The minimum Gasteiger partial charge on any atom is -0.392 e. The number of hydrogen-bond donors (Lipinski definition) is 1. The molecule has 5 heteroatoms. The van der Waals surface area contributed by atoms with Gasteiger partial charge in [-0.25, -0.2) is 4.98 Å². The summed E-state index contributed by atoms with van der Waals surface area (Å²) in [5.41, 5.74) is 2.60. The lowest BCUT2D eigenvalue weighted by Crippen LogP contribution is -1.99. The Labute approximate surface area is 126 Å². The summed E-state index contributed by atoms with van der Waals surface area (Å²) >= 11 is 12.2. The van der Waals surface area contributed by atoms with Crippen LogP contribution >= 0.6 is 23.2 Å². The fourth-order valence-corrected chi connectivity index (χ4v) is 2.66. The zero-order chi connectivity index (χ0) is 14.1. The van der Waals surface area contributed by atoms with Crippen LogP contribution in [0.25, 0.3) is 11.0 Å². The molecule has 1 aromatic carbocycles. The van der Waals surface area contributed by atoms with Gasteiger partial charge in [0.15, 0.2) is 0 Å². The molecular formula is C15H12Cl2N2O. The Morgan fingerprint density at radius 1 is 1.15 bits per heavy atom. The van der Waals surface area contributed by atoms with Crippen LogP contribution < -0.4 is 0 Å². The summed E-state index contributed by atoms with van der Waals surface area (Å²) in [5.74, 6) is 0. The van der Waals surface area contributed by atoms with E-state index in [-0.39, 0.29) is 6.61 Å². The largest absolute Gasteiger partial charge is 0.392 e. The number of hydrogen-bond acceptors (Lipinski definition) is 2. The number of halogens is 2. The van der Waals surface area contributed by atoms with Crippen molar-refractivity contribution < 1.29 is 5.11 Å². The number of aliphatic hydroxyl groups is 1. The van der Waals surface area contributed by atoms with Gasteiger partial charge in [-0.3, -0.25) is 0 Å². The average Bonchev–Trinajstić information content (AvgIpc) is 2.81. The maximum Gasteiger partial charge on any atom is 0.140 e. The number of nitrogens with zero attached hydrogens (tertiary/aromatic N) is 2. The third-order valence-corrected chi connectivity index (χ3v) is 3.84. The lowest BCUT2D eigenvalue weighted by atomic mass is 10.2. The van der Waals surface area contributed by atoms with Gasteiger partial charge in [0.2, 0.25) is 0 Å². The van der Waals surface area contributed by atoms with Crippen molar-refractivity contribution in [2.45, 2.75) is 13.2 Å². The van der Waals surface area contributed by atoms with Gasteiger partial charge >= 0.3 is 0 Å². The SMILES string of the molecule is OCc1cn(Cc2cc(Cl)ccc2Cl)c2ncccc12. The summed E-state index contributed by atoms with van der Waals surface area (Å²) < 4.78 is 1.97. The summed E-state index contributed by atoms with van der Waals surface area (Å²) in [7, 11) is 0. The molecule has 2 heterocycles. The molecule has 2 aromatic heterocycles. The normalized spacial score (nSPS) is 11.2. The molecule has 3 nitrogen and oxygen atoms in total. The van der Waals surface area contributed by atoms with Crippen LogP contribution in [0.1, 0.15) is 11.1 Å². The fraction of sp³-hybridized carbons (Fsp3) is 0.133. The Morgan fingerprint density at radius 3 is 2.80 bits per heavy atom. The highest BCUT2D eigenvalue weighted by molar-refractivity contribution is 6.33. The van der Waals surface area contributed by atoms with E-state index in [1.54, 1.807) is 18.3 Å². The first-order valence-electron chi connectivity index (χ1n) is 6.16. The number of rotatable bonds is 3. The van der Waals surface area contributed by atoms with E-state index in [1.807, 2.05) is 29.0 Å². The van der Waals surface area contributed by atoms with E-state index in [4.69, 9.17) is 23.2 Å². The van der Waals surface area contributed by atoms with Crippen molar-refractivity contribution in [3.63, 3.8) is 0 Å². The molecule has 0 saturated carbocycles. The maximum atomic E-state index is 9.43. The molecular weight excluding hydrogens is 295 g/mol. The number of benzene rings is 1. The van der Waals surface area contributed by atoms with E-state index < -0.39 is 0 Å². The summed E-state index contributed by atoms with van der Waals surface area (Å²) in [6.07, 6.45) is 3.63. The number of aromatic nitrogens is 2. The summed E-state index contributed by atoms with van der Waals surface area (Å²) in [5, 5.41) is 11.7. The van der Waals surface area contributed by atoms with Crippen LogP contribution in [-0.2, 0) is 13.2 Å². The molecule has 0 aliphatic carbocycles. The van der Waals surface area contributed by atoms with Crippen LogP contribution in [-0.4, -0.2) is 14.7 Å². The van der Waals surface area contributed by atoms with E-state index in [1.165, 1.54) is 0 Å². The molecule has 1 N–H and O–H groups in total. The Bertz CT molecular complexity index is 768. The van der Waals surface area contributed by atoms with Crippen LogP contribution in [0.5, 0.6) is 0 Å². The Kier molecular flexibility index (Phi) is 3.66. The van der Waals surface area contributed by atoms with Crippen LogP contribution in [0.4, 0.5) is 0 Å². The molecule has 0 unspecified atom stereocenters. The van der Waals surface area contributed by atoms with Gasteiger partial charge in [0.25, 0.3) is 0 Å². The van der Waals surface area contributed by atoms with Crippen molar-refractivity contribution in [3.05, 3.63) is 63.9 Å². The second-order valence-electron chi connectivity index (χ2n) is 4.55. The summed E-state index contributed by atoms with van der Waals surface area (Å²) in [6.45, 7) is 0.547. The predicted octanol–water partition coefficient (Wildman–Crippen LogP) is 3.88. The third kappa shape index (κ3) is 2.40. The second kappa shape index (κ2) is 5.44. The van der Waals surface area contributed by atoms with Crippen molar-refractivity contribution in [2.24, 2.45) is 0 Å². The monoisotopic (exact) mass is 306 g/mol. The standard InChI is InChI=1S/C15H12Cl2N2O/c16-12-3-4-14(17)10(6-12)7-19-8-11(9-20)13-2-1-5-18-15(13)19/h1-6,8,20H,7,9H2. The van der Waals surface area contributed by atoms with Gasteiger partial charge < -0.3 is 9.67 Å². The molecule has 0 spiro atoms. The first-order chi connectivity index (χ1) is 9.69. The van der Waals surface area contributed by atoms with Crippen LogP contribution in [0.15, 0.2) is 42.7 Å². The Morgan fingerprint density at radius 2 is 2.00 bits per heavy atom. The lowest BCUT2D eigenvalue weighted by Gasteiger charge is -2.07. The van der Waals surface area contributed by atoms with Crippen molar-refractivity contribution >= 4 is 34.2 Å². The highest BCUT2D eigenvalue weighted by Gasteiger charge is 2.10. The molecule has 0 radical (unpaired) electrons. The number of aliphatic hydroxyl groups excluding tert-OH is 1. The zero-order valence-electron chi connectivity index (χ0n) is 10.6. The van der Waals surface area contributed by atoms with Gasteiger partial charge in [0, 0.05) is 33.4 Å². The number of pyridine rings is 1. The molecule has 0 aliphatic heterocycles. The van der Waals surface area contributed by atoms with Crippen LogP contribution in [0, 0.1) is 0 Å². The van der Waals surface area contributed by atoms with E-state index >= 15 is 0 Å². The minimum atomic E-state index is -0.0154. The molecule has 0 fully saturated rings. The minimum absolute atomic E-state index is 0.0154. The Balaban J connectivity index is 2.09. The molecule has 102 valence electrons. The maximum absolute atomic E-state index is 9.43. The highest BCUT2D eigenvalue weighted by atomic mass is 35.5. The smallest absolute Gasteiger partial charge is 0.140 e. The molecule has 3 rings (SSSR count). The number of fused-ring (bicyclic) bond motifs is 1. The van der Waals surface area contributed by atoms with Crippen LogP contribution in [0.2, 0.25) is 10.0 Å². The van der Waals surface area contributed by atoms with Crippen molar-refractivity contribution in [1.29, 1.82) is 0 Å². The van der Waals surface area contributed by atoms with Gasteiger partial charge in [0.1, 0.15) is 5.65 Å². The molecule has 0 bridgehead atoms.